The Bertz CT molecular complexity index is 580. The summed E-state index contributed by atoms with van der Waals surface area (Å²) >= 11 is 0. The normalized spacial score (nSPS) is 17.7. The van der Waals surface area contributed by atoms with Crippen LogP contribution < -0.4 is 5.32 Å². The quantitative estimate of drug-likeness (QED) is 0.845. The summed E-state index contributed by atoms with van der Waals surface area (Å²) < 4.78 is 4.75. The molecule has 1 atom stereocenters. The second-order valence-electron chi connectivity index (χ2n) is 4.85. The first-order valence-electron chi connectivity index (χ1n) is 6.81. The summed E-state index contributed by atoms with van der Waals surface area (Å²) in [6.45, 7) is 0.517. The number of carbonyl (C=O) groups is 2. The molecule has 2 rings (SSSR count). The molecule has 0 spiro atoms. The van der Waals surface area contributed by atoms with Gasteiger partial charge in [-0.2, -0.15) is 5.26 Å². The number of hydrogen-bond acceptors (Lipinski definition) is 4. The van der Waals surface area contributed by atoms with Crippen LogP contribution >= 0.6 is 0 Å². The molecule has 0 aromatic heterocycles. The highest BCUT2D eigenvalue weighted by molar-refractivity contribution is 5.92. The SMILES string of the molecule is COC(=O)[C@H]1CCCCN1C(=O)Nc1cccc(C#N)c1. The third-order valence-electron chi connectivity index (χ3n) is 3.48. The lowest BCUT2D eigenvalue weighted by molar-refractivity contribution is -0.146. The molecule has 1 fully saturated rings. The highest BCUT2D eigenvalue weighted by atomic mass is 16.5. The molecule has 0 aliphatic carbocycles. The van der Waals surface area contributed by atoms with Gasteiger partial charge in [-0.3, -0.25) is 0 Å². The molecule has 6 nitrogen and oxygen atoms in total. The second kappa shape index (κ2) is 6.75. The Balaban J connectivity index is 2.10. The number of anilines is 1. The predicted molar refractivity (Wildman–Crippen MR) is 76.5 cm³/mol. The van der Waals surface area contributed by atoms with Gasteiger partial charge in [0.1, 0.15) is 6.04 Å². The molecule has 21 heavy (non-hydrogen) atoms. The fourth-order valence-corrected chi connectivity index (χ4v) is 2.42. The molecule has 1 aromatic rings. The fraction of sp³-hybridized carbons (Fsp3) is 0.400. The number of rotatable bonds is 2. The molecule has 1 aliphatic heterocycles. The molecule has 2 amide bonds. The van der Waals surface area contributed by atoms with E-state index in [1.165, 1.54) is 12.0 Å². The number of urea groups is 1. The molecule has 1 aliphatic rings. The maximum absolute atomic E-state index is 12.3. The smallest absolute Gasteiger partial charge is 0.328 e. The van der Waals surface area contributed by atoms with E-state index in [0.717, 1.165) is 12.8 Å². The number of likely N-dealkylation sites (tertiary alicyclic amines) is 1. The van der Waals surface area contributed by atoms with Gasteiger partial charge in [0.25, 0.3) is 0 Å². The van der Waals surface area contributed by atoms with E-state index in [1.54, 1.807) is 24.3 Å². The molecule has 1 N–H and O–H groups in total. The third kappa shape index (κ3) is 3.51. The molecule has 0 bridgehead atoms. The van der Waals surface area contributed by atoms with Crippen molar-refractivity contribution >= 4 is 17.7 Å². The maximum Gasteiger partial charge on any atom is 0.328 e. The Morgan fingerprint density at radius 3 is 2.95 bits per heavy atom. The Kier molecular flexibility index (Phi) is 4.77. The van der Waals surface area contributed by atoms with E-state index in [-0.39, 0.29) is 6.03 Å². The fourth-order valence-electron chi connectivity index (χ4n) is 2.42. The number of hydrogen-bond donors (Lipinski definition) is 1. The molecule has 1 aromatic carbocycles. The Morgan fingerprint density at radius 1 is 1.43 bits per heavy atom. The van der Waals surface area contributed by atoms with E-state index >= 15 is 0 Å². The van der Waals surface area contributed by atoms with Crippen LogP contribution in [0.4, 0.5) is 10.5 Å². The molecular weight excluding hydrogens is 270 g/mol. The number of nitrogens with zero attached hydrogens (tertiary/aromatic N) is 2. The largest absolute Gasteiger partial charge is 0.467 e. The number of benzene rings is 1. The van der Waals surface area contributed by atoms with E-state index < -0.39 is 12.0 Å². The van der Waals surface area contributed by atoms with Crippen molar-refractivity contribution in [1.82, 2.24) is 4.90 Å². The van der Waals surface area contributed by atoms with Gasteiger partial charge in [0, 0.05) is 12.2 Å². The van der Waals surface area contributed by atoms with Gasteiger partial charge in [0.2, 0.25) is 0 Å². The topological polar surface area (TPSA) is 82.4 Å². The number of methoxy groups -OCH3 is 1. The van der Waals surface area contributed by atoms with Crippen LogP contribution in [-0.2, 0) is 9.53 Å². The number of amides is 2. The second-order valence-corrected chi connectivity index (χ2v) is 4.85. The molecule has 1 heterocycles. The van der Waals surface area contributed by atoms with Crippen LogP contribution in [0.5, 0.6) is 0 Å². The van der Waals surface area contributed by atoms with Gasteiger partial charge in [-0.25, -0.2) is 9.59 Å². The molecule has 6 heteroatoms. The van der Waals surface area contributed by atoms with Gasteiger partial charge >= 0.3 is 12.0 Å². The van der Waals surface area contributed by atoms with Gasteiger partial charge in [0.15, 0.2) is 0 Å². The average Bonchev–Trinajstić information content (AvgIpc) is 2.54. The summed E-state index contributed by atoms with van der Waals surface area (Å²) in [6, 6.07) is 7.78. The van der Waals surface area contributed by atoms with Crippen molar-refractivity contribution in [3.05, 3.63) is 29.8 Å². The van der Waals surface area contributed by atoms with Gasteiger partial charge in [-0.1, -0.05) is 6.07 Å². The van der Waals surface area contributed by atoms with E-state index in [9.17, 15) is 9.59 Å². The van der Waals surface area contributed by atoms with Crippen LogP contribution in [0.25, 0.3) is 0 Å². The minimum atomic E-state index is -0.539. The lowest BCUT2D eigenvalue weighted by atomic mass is 10.0. The Labute approximate surface area is 123 Å². The van der Waals surface area contributed by atoms with Crippen LogP contribution in [0, 0.1) is 11.3 Å². The molecule has 1 saturated heterocycles. The van der Waals surface area contributed by atoms with Crippen LogP contribution in [0.15, 0.2) is 24.3 Å². The summed E-state index contributed by atoms with van der Waals surface area (Å²) in [5.41, 5.74) is 1.00. The number of carbonyl (C=O) groups excluding carboxylic acids is 2. The molecular formula is C15H17N3O3. The van der Waals surface area contributed by atoms with Crippen molar-refractivity contribution in [1.29, 1.82) is 5.26 Å². The van der Waals surface area contributed by atoms with Crippen LogP contribution in [-0.4, -0.2) is 36.6 Å². The number of piperidine rings is 1. The molecule has 0 radical (unpaired) electrons. The zero-order valence-electron chi connectivity index (χ0n) is 11.8. The number of nitriles is 1. The van der Waals surface area contributed by atoms with Gasteiger partial charge in [-0.05, 0) is 37.5 Å². The minimum Gasteiger partial charge on any atom is -0.467 e. The summed E-state index contributed by atoms with van der Waals surface area (Å²) in [5, 5.41) is 11.6. The van der Waals surface area contributed by atoms with Crippen LogP contribution in [0.2, 0.25) is 0 Å². The van der Waals surface area contributed by atoms with Crippen molar-refractivity contribution in [3.8, 4) is 6.07 Å². The first-order chi connectivity index (χ1) is 10.2. The highest BCUT2D eigenvalue weighted by Crippen LogP contribution is 2.20. The van der Waals surface area contributed by atoms with E-state index in [2.05, 4.69) is 5.32 Å². The van der Waals surface area contributed by atoms with Crippen LogP contribution in [0.3, 0.4) is 0 Å². The lowest BCUT2D eigenvalue weighted by Crippen LogP contribution is -2.50. The van der Waals surface area contributed by atoms with Crippen molar-refractivity contribution in [2.24, 2.45) is 0 Å². The maximum atomic E-state index is 12.3. The number of nitrogens with one attached hydrogen (secondary N) is 1. The van der Waals surface area contributed by atoms with Gasteiger partial charge < -0.3 is 15.0 Å². The zero-order valence-corrected chi connectivity index (χ0v) is 11.8. The number of esters is 1. The van der Waals surface area contributed by atoms with Crippen LogP contribution in [0.1, 0.15) is 24.8 Å². The third-order valence-corrected chi connectivity index (χ3v) is 3.48. The zero-order chi connectivity index (χ0) is 15.2. The lowest BCUT2D eigenvalue weighted by Gasteiger charge is -2.33. The molecule has 110 valence electrons. The first kappa shape index (κ1) is 14.9. The minimum absolute atomic E-state index is 0.347. The molecule has 0 saturated carbocycles. The summed E-state index contributed by atoms with van der Waals surface area (Å²) in [5.74, 6) is -0.393. The van der Waals surface area contributed by atoms with E-state index in [0.29, 0.717) is 24.2 Å². The summed E-state index contributed by atoms with van der Waals surface area (Å²) in [7, 11) is 1.32. The molecule has 0 unspecified atom stereocenters. The highest BCUT2D eigenvalue weighted by Gasteiger charge is 2.32. The van der Waals surface area contributed by atoms with E-state index in [1.807, 2.05) is 6.07 Å². The van der Waals surface area contributed by atoms with Gasteiger partial charge in [0.05, 0.1) is 18.7 Å². The van der Waals surface area contributed by atoms with Crippen molar-refractivity contribution < 1.29 is 14.3 Å². The van der Waals surface area contributed by atoms with E-state index in [4.69, 9.17) is 10.00 Å². The predicted octanol–water partition coefficient (Wildman–Crippen LogP) is 2.12. The summed E-state index contributed by atoms with van der Waals surface area (Å²) in [4.78, 5) is 25.6. The standard InChI is InChI=1S/C15H17N3O3/c1-21-14(19)13-7-2-3-8-18(13)15(20)17-12-6-4-5-11(9-12)10-16/h4-6,9,13H,2-3,7-8H2,1H3,(H,17,20)/t13-/m1/s1. The van der Waals surface area contributed by atoms with Crippen molar-refractivity contribution in [2.75, 3.05) is 19.0 Å². The summed E-state index contributed by atoms with van der Waals surface area (Å²) in [6.07, 6.45) is 2.37. The monoisotopic (exact) mass is 287 g/mol. The Hall–Kier alpha value is -2.55. The average molecular weight is 287 g/mol. The van der Waals surface area contributed by atoms with Crippen molar-refractivity contribution in [3.63, 3.8) is 0 Å². The van der Waals surface area contributed by atoms with Crippen molar-refractivity contribution in [2.45, 2.75) is 25.3 Å². The number of ether oxygens (including phenoxy) is 1. The van der Waals surface area contributed by atoms with Gasteiger partial charge in [-0.15, -0.1) is 0 Å². The Morgan fingerprint density at radius 2 is 2.24 bits per heavy atom. The first-order valence-corrected chi connectivity index (χ1v) is 6.81.